The molecule has 0 saturated carbocycles. The van der Waals surface area contributed by atoms with Crippen molar-refractivity contribution >= 4 is 17.7 Å². The van der Waals surface area contributed by atoms with E-state index < -0.39 is 5.25 Å². The maximum Gasteiger partial charge on any atom is 0.319 e. The molecule has 0 aliphatic rings. The Kier molecular flexibility index (Phi) is 5.16. The molecule has 1 heterocycles. The Labute approximate surface area is 126 Å². The van der Waals surface area contributed by atoms with Crippen LogP contribution in [0.5, 0.6) is 0 Å². The molecule has 0 radical (unpaired) electrons. The lowest BCUT2D eigenvalue weighted by atomic mass is 10.1. The van der Waals surface area contributed by atoms with Crippen molar-refractivity contribution in [3.63, 3.8) is 0 Å². The van der Waals surface area contributed by atoms with Crippen LogP contribution in [-0.2, 0) is 9.53 Å². The zero-order valence-electron chi connectivity index (χ0n) is 11.8. The van der Waals surface area contributed by atoms with Crippen molar-refractivity contribution in [3.05, 3.63) is 46.8 Å². The molecule has 0 bridgehead atoms. The molecule has 0 amide bonds. The zero-order chi connectivity index (χ0) is 15.2. The number of nitrogens with one attached hydrogen (secondary N) is 1. The van der Waals surface area contributed by atoms with Crippen molar-refractivity contribution in [2.45, 2.75) is 24.3 Å². The van der Waals surface area contributed by atoms with Crippen LogP contribution in [0.4, 0.5) is 0 Å². The first-order valence-electron chi connectivity index (χ1n) is 6.60. The van der Waals surface area contributed by atoms with Crippen molar-refractivity contribution in [2.75, 3.05) is 6.61 Å². The minimum Gasteiger partial charge on any atom is -0.465 e. The average Bonchev–Trinajstić information content (AvgIpc) is 2.47. The Balaban J connectivity index is 2.24. The Hall–Kier alpha value is -2.08. The number of nitrogens with zero attached hydrogens (tertiary/aromatic N) is 1. The molecule has 5 nitrogen and oxygen atoms in total. The molecule has 2 rings (SSSR count). The number of benzene rings is 1. The highest BCUT2D eigenvalue weighted by Crippen LogP contribution is 2.22. The van der Waals surface area contributed by atoms with Gasteiger partial charge in [0, 0.05) is 11.6 Å². The molecule has 0 aliphatic carbocycles. The van der Waals surface area contributed by atoms with Crippen molar-refractivity contribution < 1.29 is 9.53 Å². The summed E-state index contributed by atoms with van der Waals surface area (Å²) in [5, 5.41) is -0.0268. The number of aromatic nitrogens is 2. The molecule has 0 aliphatic heterocycles. The molecular formula is C15H16N2O3S. The summed E-state index contributed by atoms with van der Waals surface area (Å²) in [4.78, 5) is 30.4. The summed E-state index contributed by atoms with van der Waals surface area (Å²) in [5.41, 5.74) is 1.19. The van der Waals surface area contributed by atoms with Crippen molar-refractivity contribution in [2.24, 2.45) is 0 Å². The fraction of sp³-hybridized carbons (Fsp3) is 0.267. The maximum atomic E-state index is 11.7. The standard InChI is InChI=1S/C15H16N2O3S/c1-3-20-14(19)10(2)21-15-16-12(9-13(18)17-15)11-7-5-4-6-8-11/h4-10H,3H2,1-2H3,(H,16,17,18). The van der Waals surface area contributed by atoms with Gasteiger partial charge >= 0.3 is 5.97 Å². The number of hydrogen-bond donors (Lipinski definition) is 1. The van der Waals surface area contributed by atoms with Gasteiger partial charge in [0.2, 0.25) is 0 Å². The highest BCUT2D eigenvalue weighted by molar-refractivity contribution is 8.00. The molecule has 1 unspecified atom stereocenters. The monoisotopic (exact) mass is 304 g/mol. The van der Waals surface area contributed by atoms with Crippen LogP contribution in [0.3, 0.4) is 0 Å². The van der Waals surface area contributed by atoms with Gasteiger partial charge in [-0.15, -0.1) is 0 Å². The minimum atomic E-state index is -0.431. The van der Waals surface area contributed by atoms with Gasteiger partial charge in [0.25, 0.3) is 5.56 Å². The molecule has 0 fully saturated rings. The summed E-state index contributed by atoms with van der Waals surface area (Å²) in [5.74, 6) is -0.324. The molecule has 6 heteroatoms. The SMILES string of the molecule is CCOC(=O)C(C)Sc1nc(-c2ccccc2)cc(=O)[nH]1. The molecule has 1 N–H and O–H groups in total. The van der Waals surface area contributed by atoms with E-state index in [2.05, 4.69) is 9.97 Å². The van der Waals surface area contributed by atoms with Crippen LogP contribution in [0, 0.1) is 0 Å². The van der Waals surface area contributed by atoms with E-state index in [9.17, 15) is 9.59 Å². The molecule has 1 aromatic heterocycles. The molecule has 1 atom stereocenters. The van der Waals surface area contributed by atoms with Gasteiger partial charge in [-0.1, -0.05) is 42.1 Å². The average molecular weight is 304 g/mol. The predicted octanol–water partition coefficient (Wildman–Crippen LogP) is 2.48. The molecule has 1 aromatic carbocycles. The van der Waals surface area contributed by atoms with E-state index in [-0.39, 0.29) is 11.5 Å². The van der Waals surface area contributed by atoms with Crippen LogP contribution < -0.4 is 5.56 Å². The molecule has 0 spiro atoms. The number of hydrogen-bond acceptors (Lipinski definition) is 5. The Morgan fingerprint density at radius 1 is 1.38 bits per heavy atom. The first kappa shape index (κ1) is 15.3. The summed E-state index contributed by atoms with van der Waals surface area (Å²) in [6.45, 7) is 3.81. The van der Waals surface area contributed by atoms with Gasteiger partial charge in [-0.25, -0.2) is 4.98 Å². The summed E-state index contributed by atoms with van der Waals surface area (Å²) in [6, 6.07) is 10.9. The zero-order valence-corrected chi connectivity index (χ0v) is 12.6. The second kappa shape index (κ2) is 7.08. The highest BCUT2D eigenvalue weighted by atomic mass is 32.2. The van der Waals surface area contributed by atoms with Crippen LogP contribution >= 0.6 is 11.8 Å². The third-order valence-electron chi connectivity index (χ3n) is 2.70. The summed E-state index contributed by atoms with van der Waals surface area (Å²) < 4.78 is 4.94. The maximum absolute atomic E-state index is 11.7. The lowest BCUT2D eigenvalue weighted by molar-refractivity contribution is -0.142. The largest absolute Gasteiger partial charge is 0.465 e. The van der Waals surface area contributed by atoms with Gasteiger partial charge in [-0.05, 0) is 13.8 Å². The summed E-state index contributed by atoms with van der Waals surface area (Å²) in [6.07, 6.45) is 0. The lowest BCUT2D eigenvalue weighted by Gasteiger charge is -2.10. The number of H-pyrrole nitrogens is 1. The molecule has 110 valence electrons. The number of thioether (sulfide) groups is 1. The van der Waals surface area contributed by atoms with E-state index >= 15 is 0 Å². The normalized spacial score (nSPS) is 11.9. The van der Waals surface area contributed by atoms with Gasteiger partial charge < -0.3 is 9.72 Å². The van der Waals surface area contributed by atoms with E-state index in [0.717, 1.165) is 5.56 Å². The van der Waals surface area contributed by atoms with E-state index in [4.69, 9.17) is 4.74 Å². The Bertz CT molecular complexity index is 670. The molecule has 2 aromatic rings. The van der Waals surface area contributed by atoms with Gasteiger partial charge in [0.1, 0.15) is 5.25 Å². The Morgan fingerprint density at radius 3 is 2.76 bits per heavy atom. The summed E-state index contributed by atoms with van der Waals surface area (Å²) >= 11 is 1.17. The van der Waals surface area contributed by atoms with E-state index in [0.29, 0.717) is 17.5 Å². The second-order valence-corrected chi connectivity index (χ2v) is 5.64. The fourth-order valence-electron chi connectivity index (χ4n) is 1.72. The number of carbonyl (C=O) groups excluding carboxylic acids is 1. The molecule has 0 saturated heterocycles. The smallest absolute Gasteiger partial charge is 0.319 e. The first-order valence-corrected chi connectivity index (χ1v) is 7.48. The second-order valence-electron chi connectivity index (χ2n) is 4.31. The molecule has 21 heavy (non-hydrogen) atoms. The molecular weight excluding hydrogens is 288 g/mol. The lowest BCUT2D eigenvalue weighted by Crippen LogP contribution is -2.18. The highest BCUT2D eigenvalue weighted by Gasteiger charge is 2.17. The number of carbonyl (C=O) groups is 1. The van der Waals surface area contributed by atoms with Crippen molar-refractivity contribution in [1.82, 2.24) is 9.97 Å². The van der Waals surface area contributed by atoms with Crippen molar-refractivity contribution in [1.29, 1.82) is 0 Å². The van der Waals surface area contributed by atoms with Gasteiger partial charge in [0.05, 0.1) is 12.3 Å². The number of esters is 1. The predicted molar refractivity (Wildman–Crippen MR) is 82.2 cm³/mol. The summed E-state index contributed by atoms with van der Waals surface area (Å²) in [7, 11) is 0. The van der Waals surface area contributed by atoms with Crippen molar-refractivity contribution in [3.8, 4) is 11.3 Å². The van der Waals surface area contributed by atoms with Gasteiger partial charge in [-0.3, -0.25) is 9.59 Å². The van der Waals surface area contributed by atoms with Crippen LogP contribution in [0.1, 0.15) is 13.8 Å². The van der Waals surface area contributed by atoms with E-state index in [1.165, 1.54) is 17.8 Å². The van der Waals surface area contributed by atoms with Gasteiger partial charge in [0.15, 0.2) is 5.16 Å². The topological polar surface area (TPSA) is 72.0 Å². The number of rotatable bonds is 5. The number of ether oxygens (including phenoxy) is 1. The van der Waals surface area contributed by atoms with Crippen LogP contribution in [0.2, 0.25) is 0 Å². The van der Waals surface area contributed by atoms with Crippen LogP contribution in [0.15, 0.2) is 46.3 Å². The minimum absolute atomic E-state index is 0.248. The number of aromatic amines is 1. The third kappa shape index (κ3) is 4.19. The quantitative estimate of drug-likeness (QED) is 0.522. The first-order chi connectivity index (χ1) is 10.1. The fourth-order valence-corrected chi connectivity index (χ4v) is 2.53. The van der Waals surface area contributed by atoms with Crippen LogP contribution in [0.25, 0.3) is 11.3 Å². The Morgan fingerprint density at radius 2 is 2.10 bits per heavy atom. The van der Waals surface area contributed by atoms with E-state index in [1.54, 1.807) is 13.8 Å². The van der Waals surface area contributed by atoms with Crippen LogP contribution in [-0.4, -0.2) is 27.8 Å². The van der Waals surface area contributed by atoms with E-state index in [1.807, 2.05) is 30.3 Å². The third-order valence-corrected chi connectivity index (χ3v) is 3.66. The van der Waals surface area contributed by atoms with Gasteiger partial charge in [-0.2, -0.15) is 0 Å².